The van der Waals surface area contributed by atoms with Gasteiger partial charge in [0, 0.05) is 12.2 Å². The fourth-order valence-corrected chi connectivity index (χ4v) is 1.99. The topological polar surface area (TPSA) is 110 Å². The molecule has 0 spiro atoms. The summed E-state index contributed by atoms with van der Waals surface area (Å²) < 4.78 is 0. The van der Waals surface area contributed by atoms with Crippen molar-refractivity contribution in [3.63, 3.8) is 0 Å². The lowest BCUT2D eigenvalue weighted by Crippen LogP contribution is -2.39. The third-order valence-corrected chi connectivity index (χ3v) is 3.11. The molecule has 0 aliphatic heterocycles. The molecular formula is C14H21ClN4O2. The Hall–Kier alpha value is -1.95. The van der Waals surface area contributed by atoms with Gasteiger partial charge in [0.1, 0.15) is 6.04 Å². The standard InChI is InChI=1S/C14H21ClN4O2/c1-7(2)6-18-14(21)8(3)19-12-10(13(17)20)4-9(16)5-11(12)15/h4-5,7-8,19H,6,16H2,1-3H3,(H2,17,20)(H,18,21). The Balaban J connectivity index is 2.92. The molecule has 7 heteroatoms. The van der Waals surface area contributed by atoms with E-state index in [0.717, 1.165) is 0 Å². The van der Waals surface area contributed by atoms with Crippen LogP contribution in [0.15, 0.2) is 12.1 Å². The zero-order valence-corrected chi connectivity index (χ0v) is 13.1. The molecule has 21 heavy (non-hydrogen) atoms. The van der Waals surface area contributed by atoms with Crippen molar-refractivity contribution in [2.75, 3.05) is 17.6 Å². The number of hydrogen-bond donors (Lipinski definition) is 4. The second kappa shape index (κ2) is 7.17. The summed E-state index contributed by atoms with van der Waals surface area (Å²) >= 11 is 6.07. The van der Waals surface area contributed by atoms with Gasteiger partial charge in [-0.3, -0.25) is 9.59 Å². The van der Waals surface area contributed by atoms with Crippen molar-refractivity contribution in [2.45, 2.75) is 26.8 Å². The second-order valence-corrected chi connectivity index (χ2v) is 5.70. The minimum atomic E-state index is -0.665. The number of anilines is 2. The molecule has 1 unspecified atom stereocenters. The lowest BCUT2D eigenvalue weighted by molar-refractivity contribution is -0.121. The third kappa shape index (κ3) is 4.82. The van der Waals surface area contributed by atoms with Crippen LogP contribution in [0.2, 0.25) is 5.02 Å². The highest BCUT2D eigenvalue weighted by Gasteiger charge is 2.19. The van der Waals surface area contributed by atoms with E-state index in [1.807, 2.05) is 13.8 Å². The van der Waals surface area contributed by atoms with Crippen LogP contribution in [0.3, 0.4) is 0 Å². The van der Waals surface area contributed by atoms with Crippen LogP contribution in [0.5, 0.6) is 0 Å². The minimum Gasteiger partial charge on any atom is -0.399 e. The molecule has 1 aromatic rings. The lowest BCUT2D eigenvalue weighted by Gasteiger charge is -2.19. The largest absolute Gasteiger partial charge is 0.399 e. The van der Waals surface area contributed by atoms with Gasteiger partial charge in [-0.1, -0.05) is 25.4 Å². The van der Waals surface area contributed by atoms with Crippen molar-refractivity contribution in [2.24, 2.45) is 11.7 Å². The van der Waals surface area contributed by atoms with Crippen LogP contribution in [0.1, 0.15) is 31.1 Å². The van der Waals surface area contributed by atoms with E-state index in [0.29, 0.717) is 23.8 Å². The summed E-state index contributed by atoms with van der Waals surface area (Å²) in [5.74, 6) is -0.504. The van der Waals surface area contributed by atoms with E-state index in [2.05, 4.69) is 10.6 Å². The van der Waals surface area contributed by atoms with Gasteiger partial charge in [0.25, 0.3) is 5.91 Å². The van der Waals surface area contributed by atoms with Gasteiger partial charge in [0.2, 0.25) is 5.91 Å². The SMILES string of the molecule is CC(C)CNC(=O)C(C)Nc1c(Cl)cc(N)cc1C(N)=O. The maximum Gasteiger partial charge on any atom is 0.250 e. The molecule has 0 saturated heterocycles. The molecule has 116 valence electrons. The van der Waals surface area contributed by atoms with Gasteiger partial charge in [-0.25, -0.2) is 0 Å². The van der Waals surface area contributed by atoms with Crippen molar-refractivity contribution in [1.82, 2.24) is 5.32 Å². The van der Waals surface area contributed by atoms with Gasteiger partial charge in [0.05, 0.1) is 16.3 Å². The molecule has 0 saturated carbocycles. The highest BCUT2D eigenvalue weighted by atomic mass is 35.5. The molecule has 1 atom stereocenters. The zero-order chi connectivity index (χ0) is 16.2. The molecule has 6 nitrogen and oxygen atoms in total. The number of carbonyl (C=O) groups is 2. The molecule has 1 rings (SSSR count). The van der Waals surface area contributed by atoms with E-state index in [-0.39, 0.29) is 16.5 Å². The molecule has 0 aliphatic rings. The first kappa shape index (κ1) is 17.1. The molecule has 2 amide bonds. The lowest BCUT2D eigenvalue weighted by atomic mass is 10.1. The van der Waals surface area contributed by atoms with Gasteiger partial charge in [-0.05, 0) is 25.0 Å². The van der Waals surface area contributed by atoms with Gasteiger partial charge in [0.15, 0.2) is 0 Å². The van der Waals surface area contributed by atoms with E-state index in [4.69, 9.17) is 23.1 Å². The van der Waals surface area contributed by atoms with Crippen LogP contribution in [0, 0.1) is 5.92 Å². The minimum absolute atomic E-state index is 0.156. The molecule has 0 radical (unpaired) electrons. The first-order chi connectivity index (χ1) is 9.72. The predicted octanol–water partition coefficient (Wildman–Crippen LogP) is 1.59. The molecule has 1 aromatic carbocycles. The Morgan fingerprint density at radius 3 is 2.43 bits per heavy atom. The maximum atomic E-state index is 12.0. The fourth-order valence-electron chi connectivity index (χ4n) is 1.71. The van der Waals surface area contributed by atoms with Gasteiger partial charge < -0.3 is 22.1 Å². The van der Waals surface area contributed by atoms with Crippen molar-refractivity contribution >= 4 is 34.8 Å². The average Bonchev–Trinajstić information content (AvgIpc) is 2.38. The first-order valence-electron chi connectivity index (χ1n) is 6.65. The summed E-state index contributed by atoms with van der Waals surface area (Å²) in [6, 6.07) is 2.35. The summed E-state index contributed by atoms with van der Waals surface area (Å²) in [6.07, 6.45) is 0. The molecule has 0 aliphatic carbocycles. The molecule has 0 fully saturated rings. The highest BCUT2D eigenvalue weighted by Crippen LogP contribution is 2.29. The number of halogens is 1. The summed E-state index contributed by atoms with van der Waals surface area (Å²) in [5.41, 5.74) is 11.7. The van der Waals surface area contributed by atoms with Gasteiger partial charge in [-0.2, -0.15) is 0 Å². The van der Waals surface area contributed by atoms with Crippen LogP contribution >= 0.6 is 11.6 Å². The summed E-state index contributed by atoms with van der Waals surface area (Å²) in [6.45, 7) is 6.25. The van der Waals surface area contributed by atoms with Crippen LogP contribution < -0.4 is 22.1 Å². The van der Waals surface area contributed by atoms with Gasteiger partial charge >= 0.3 is 0 Å². The van der Waals surface area contributed by atoms with Crippen LogP contribution in [0.4, 0.5) is 11.4 Å². The summed E-state index contributed by atoms with van der Waals surface area (Å²) in [7, 11) is 0. The quantitative estimate of drug-likeness (QED) is 0.598. The fraction of sp³-hybridized carbons (Fsp3) is 0.429. The third-order valence-electron chi connectivity index (χ3n) is 2.82. The summed E-state index contributed by atoms with van der Waals surface area (Å²) in [4.78, 5) is 23.4. The van der Waals surface area contributed by atoms with Crippen molar-refractivity contribution in [1.29, 1.82) is 0 Å². The number of carbonyl (C=O) groups excluding carboxylic acids is 2. The van der Waals surface area contributed by atoms with E-state index < -0.39 is 11.9 Å². The predicted molar refractivity (Wildman–Crippen MR) is 85.3 cm³/mol. The van der Waals surface area contributed by atoms with Crippen molar-refractivity contribution in [3.05, 3.63) is 22.7 Å². The van der Waals surface area contributed by atoms with Crippen LogP contribution in [-0.2, 0) is 4.79 Å². The number of amides is 2. The van der Waals surface area contributed by atoms with Crippen LogP contribution in [0.25, 0.3) is 0 Å². The Morgan fingerprint density at radius 1 is 1.29 bits per heavy atom. The number of rotatable bonds is 6. The number of primary amides is 1. The second-order valence-electron chi connectivity index (χ2n) is 5.29. The average molecular weight is 313 g/mol. The number of hydrogen-bond acceptors (Lipinski definition) is 4. The maximum absolute atomic E-state index is 12.0. The number of benzene rings is 1. The number of nitrogens with two attached hydrogens (primary N) is 2. The Bertz CT molecular complexity index is 546. The summed E-state index contributed by atoms with van der Waals surface area (Å²) in [5, 5.41) is 5.95. The number of nitrogens with one attached hydrogen (secondary N) is 2. The normalized spacial score (nSPS) is 12.0. The Kier molecular flexibility index (Phi) is 5.84. The molecule has 0 bridgehead atoms. The Morgan fingerprint density at radius 2 is 1.90 bits per heavy atom. The van der Waals surface area contributed by atoms with E-state index in [1.54, 1.807) is 6.92 Å². The highest BCUT2D eigenvalue weighted by molar-refractivity contribution is 6.34. The Labute approximate surface area is 129 Å². The van der Waals surface area contributed by atoms with E-state index in [1.165, 1.54) is 12.1 Å². The van der Waals surface area contributed by atoms with Crippen LogP contribution in [-0.4, -0.2) is 24.4 Å². The van der Waals surface area contributed by atoms with E-state index >= 15 is 0 Å². The van der Waals surface area contributed by atoms with Gasteiger partial charge in [-0.15, -0.1) is 0 Å². The van der Waals surface area contributed by atoms with Crippen molar-refractivity contribution in [3.8, 4) is 0 Å². The molecule has 0 heterocycles. The number of nitrogen functional groups attached to an aromatic ring is 1. The smallest absolute Gasteiger partial charge is 0.250 e. The molecule has 6 N–H and O–H groups in total. The zero-order valence-electron chi connectivity index (χ0n) is 12.4. The van der Waals surface area contributed by atoms with Crippen molar-refractivity contribution < 1.29 is 9.59 Å². The van der Waals surface area contributed by atoms with E-state index in [9.17, 15) is 9.59 Å². The molecule has 0 aromatic heterocycles. The monoisotopic (exact) mass is 312 g/mol. The first-order valence-corrected chi connectivity index (χ1v) is 7.03. The molecular weight excluding hydrogens is 292 g/mol.